The molecule has 0 aliphatic heterocycles. The molecule has 0 radical (unpaired) electrons. The molecule has 0 amide bonds. The Morgan fingerprint density at radius 2 is 2.05 bits per heavy atom. The number of benzene rings is 1. The number of aliphatic hydroxyl groups is 1. The van der Waals surface area contributed by atoms with Gasteiger partial charge in [0.15, 0.2) is 0 Å². The van der Waals surface area contributed by atoms with E-state index >= 15 is 0 Å². The third-order valence-electron chi connectivity index (χ3n) is 4.75. The molecule has 1 aliphatic carbocycles. The zero-order valence-electron chi connectivity index (χ0n) is 12.2. The number of rotatable bonds is 5. The first-order valence-electron chi connectivity index (χ1n) is 7.85. The molecule has 2 aromatic rings. The van der Waals surface area contributed by atoms with Crippen molar-refractivity contribution in [2.75, 3.05) is 13.2 Å². The summed E-state index contributed by atoms with van der Waals surface area (Å²) in [5, 5.41) is 15.0. The third kappa shape index (κ3) is 3.42. The zero-order valence-corrected chi connectivity index (χ0v) is 13.0. The van der Waals surface area contributed by atoms with Gasteiger partial charge in [0.25, 0.3) is 0 Å². The van der Waals surface area contributed by atoms with Gasteiger partial charge >= 0.3 is 0 Å². The average Bonchev–Trinajstić information content (AvgIpc) is 2.90. The minimum Gasteiger partial charge on any atom is -0.396 e. The fourth-order valence-corrected chi connectivity index (χ4v) is 3.66. The molecule has 1 aliphatic rings. The van der Waals surface area contributed by atoms with Crippen LogP contribution in [0.4, 0.5) is 0 Å². The maximum Gasteiger partial charge on any atom is 0.0472 e. The first-order chi connectivity index (χ1) is 10.3. The molecule has 2 unspecified atom stereocenters. The first kappa shape index (κ1) is 14.9. The molecule has 0 spiro atoms. The fourth-order valence-electron chi connectivity index (χ4n) is 3.49. The van der Waals surface area contributed by atoms with Crippen molar-refractivity contribution in [3.8, 4) is 0 Å². The second-order valence-corrected chi connectivity index (χ2v) is 6.56. The Morgan fingerprint density at radius 3 is 2.86 bits per heavy atom. The van der Waals surface area contributed by atoms with Crippen molar-refractivity contribution in [2.24, 2.45) is 11.8 Å². The number of aromatic nitrogens is 1. The Kier molecular flexibility index (Phi) is 4.84. The smallest absolute Gasteiger partial charge is 0.0472 e. The number of H-pyrrole nitrogens is 1. The van der Waals surface area contributed by atoms with Crippen LogP contribution in [0, 0.1) is 11.8 Å². The normalized spacial score (nSPS) is 22.8. The van der Waals surface area contributed by atoms with E-state index in [0.717, 1.165) is 23.6 Å². The first-order valence-corrected chi connectivity index (χ1v) is 8.23. The highest BCUT2D eigenvalue weighted by atomic mass is 35.5. The van der Waals surface area contributed by atoms with Crippen molar-refractivity contribution in [3.63, 3.8) is 0 Å². The monoisotopic (exact) mass is 306 g/mol. The van der Waals surface area contributed by atoms with E-state index in [0.29, 0.717) is 18.4 Å². The summed E-state index contributed by atoms with van der Waals surface area (Å²) >= 11 is 6.01. The van der Waals surface area contributed by atoms with Gasteiger partial charge in [-0.3, -0.25) is 0 Å². The zero-order chi connectivity index (χ0) is 14.7. The summed E-state index contributed by atoms with van der Waals surface area (Å²) < 4.78 is 0. The van der Waals surface area contributed by atoms with Gasteiger partial charge in [-0.1, -0.05) is 30.5 Å². The lowest BCUT2D eigenvalue weighted by Gasteiger charge is -2.30. The Balaban J connectivity index is 1.59. The molecule has 21 heavy (non-hydrogen) atoms. The molecule has 0 saturated heterocycles. The molecule has 4 heteroatoms. The summed E-state index contributed by atoms with van der Waals surface area (Å²) in [6, 6.07) is 5.97. The van der Waals surface area contributed by atoms with Crippen LogP contribution in [0.2, 0.25) is 5.02 Å². The van der Waals surface area contributed by atoms with E-state index in [1.165, 1.54) is 36.6 Å². The van der Waals surface area contributed by atoms with Crippen LogP contribution in [-0.2, 0) is 6.54 Å². The molecule has 114 valence electrons. The number of fused-ring (bicyclic) bond motifs is 1. The van der Waals surface area contributed by atoms with Crippen LogP contribution in [0.15, 0.2) is 24.4 Å². The van der Waals surface area contributed by atoms with Gasteiger partial charge in [-0.05, 0) is 48.9 Å². The molecular formula is C17H23ClN2O. The lowest BCUT2D eigenvalue weighted by Crippen LogP contribution is -2.32. The van der Waals surface area contributed by atoms with Gasteiger partial charge in [0.2, 0.25) is 0 Å². The number of hydrogen-bond acceptors (Lipinski definition) is 2. The van der Waals surface area contributed by atoms with Crippen LogP contribution in [0.25, 0.3) is 10.9 Å². The van der Waals surface area contributed by atoms with Gasteiger partial charge < -0.3 is 15.4 Å². The van der Waals surface area contributed by atoms with E-state index in [1.54, 1.807) is 0 Å². The van der Waals surface area contributed by atoms with Crippen LogP contribution < -0.4 is 5.32 Å². The van der Waals surface area contributed by atoms with Crippen LogP contribution >= 0.6 is 11.6 Å². The molecule has 1 saturated carbocycles. The lowest BCUT2D eigenvalue weighted by atomic mass is 9.79. The van der Waals surface area contributed by atoms with Crippen molar-refractivity contribution >= 4 is 22.5 Å². The van der Waals surface area contributed by atoms with Crippen LogP contribution in [-0.4, -0.2) is 23.2 Å². The highest BCUT2D eigenvalue weighted by Gasteiger charge is 2.23. The van der Waals surface area contributed by atoms with E-state index in [2.05, 4.69) is 22.6 Å². The number of halogens is 1. The van der Waals surface area contributed by atoms with E-state index in [9.17, 15) is 5.11 Å². The molecule has 1 aromatic heterocycles. The highest BCUT2D eigenvalue weighted by molar-refractivity contribution is 6.31. The van der Waals surface area contributed by atoms with E-state index in [1.807, 2.05) is 12.1 Å². The molecule has 1 fully saturated rings. The Hall–Kier alpha value is -1.03. The van der Waals surface area contributed by atoms with E-state index in [-0.39, 0.29) is 0 Å². The Morgan fingerprint density at radius 1 is 1.24 bits per heavy atom. The second kappa shape index (κ2) is 6.82. The maximum absolute atomic E-state index is 9.47. The maximum atomic E-state index is 9.47. The minimum atomic E-state index is 0.331. The third-order valence-corrected chi connectivity index (χ3v) is 4.99. The predicted molar refractivity (Wildman–Crippen MR) is 87.5 cm³/mol. The lowest BCUT2D eigenvalue weighted by molar-refractivity contribution is 0.133. The van der Waals surface area contributed by atoms with Crippen molar-refractivity contribution in [1.82, 2.24) is 10.3 Å². The summed E-state index contributed by atoms with van der Waals surface area (Å²) in [6.07, 6.45) is 7.04. The standard InChI is InChI=1S/C17H23ClN2O/c18-15-5-6-16-14(10-20-17(16)7-15)9-19-8-12-3-1-2-4-13(12)11-21/h5-7,10,12-13,19-21H,1-4,8-9,11H2. The number of nitrogens with one attached hydrogen (secondary N) is 2. The van der Waals surface area contributed by atoms with E-state index in [4.69, 9.17) is 11.6 Å². The fraction of sp³-hybridized carbons (Fsp3) is 0.529. The topological polar surface area (TPSA) is 48.0 Å². The molecular weight excluding hydrogens is 284 g/mol. The molecule has 3 nitrogen and oxygen atoms in total. The summed E-state index contributed by atoms with van der Waals surface area (Å²) in [5.41, 5.74) is 2.36. The summed E-state index contributed by atoms with van der Waals surface area (Å²) in [4.78, 5) is 3.27. The van der Waals surface area contributed by atoms with Gasteiger partial charge in [0.1, 0.15) is 0 Å². The number of aromatic amines is 1. The van der Waals surface area contributed by atoms with E-state index < -0.39 is 0 Å². The summed E-state index contributed by atoms with van der Waals surface area (Å²) in [7, 11) is 0. The molecule has 0 bridgehead atoms. The second-order valence-electron chi connectivity index (χ2n) is 6.12. The van der Waals surface area contributed by atoms with Gasteiger partial charge in [-0.15, -0.1) is 0 Å². The largest absolute Gasteiger partial charge is 0.396 e. The van der Waals surface area contributed by atoms with Crippen molar-refractivity contribution in [1.29, 1.82) is 0 Å². The van der Waals surface area contributed by atoms with Crippen LogP contribution in [0.3, 0.4) is 0 Å². The van der Waals surface area contributed by atoms with Crippen molar-refractivity contribution in [3.05, 3.63) is 35.0 Å². The highest BCUT2D eigenvalue weighted by Crippen LogP contribution is 2.29. The van der Waals surface area contributed by atoms with Gasteiger partial charge in [-0.25, -0.2) is 0 Å². The molecule has 3 N–H and O–H groups in total. The van der Waals surface area contributed by atoms with Crippen LogP contribution in [0.1, 0.15) is 31.2 Å². The van der Waals surface area contributed by atoms with Gasteiger partial charge in [0.05, 0.1) is 0 Å². The van der Waals surface area contributed by atoms with Gasteiger partial charge in [-0.2, -0.15) is 0 Å². The Bertz CT molecular complexity index is 595. The van der Waals surface area contributed by atoms with Gasteiger partial charge in [0, 0.05) is 35.3 Å². The molecule has 1 aromatic carbocycles. The quantitative estimate of drug-likeness (QED) is 0.788. The summed E-state index contributed by atoms with van der Waals surface area (Å²) in [5.74, 6) is 1.09. The minimum absolute atomic E-state index is 0.331. The average molecular weight is 307 g/mol. The van der Waals surface area contributed by atoms with Crippen LogP contribution in [0.5, 0.6) is 0 Å². The van der Waals surface area contributed by atoms with Crippen molar-refractivity contribution < 1.29 is 5.11 Å². The molecule has 1 heterocycles. The summed E-state index contributed by atoms with van der Waals surface area (Å²) in [6.45, 7) is 2.18. The molecule has 3 rings (SSSR count). The predicted octanol–water partition coefficient (Wildman–Crippen LogP) is 3.71. The number of aliphatic hydroxyl groups excluding tert-OH is 1. The molecule has 2 atom stereocenters. The Labute approximate surface area is 130 Å². The van der Waals surface area contributed by atoms with Crippen molar-refractivity contribution in [2.45, 2.75) is 32.2 Å². The SMILES string of the molecule is OCC1CCCCC1CNCc1c[nH]c2cc(Cl)ccc12. The number of hydrogen-bond donors (Lipinski definition) is 3.